The molecule has 4 nitrogen and oxygen atoms in total. The molecule has 0 radical (unpaired) electrons. The third-order valence-corrected chi connectivity index (χ3v) is 5.20. The minimum absolute atomic E-state index is 0.0343. The zero-order valence-electron chi connectivity index (χ0n) is 14.9. The number of hydrogen-bond donors (Lipinski definition) is 2. The van der Waals surface area contributed by atoms with Crippen LogP contribution in [-0.4, -0.2) is 35.4 Å². The van der Waals surface area contributed by atoms with Crippen LogP contribution in [0.5, 0.6) is 0 Å². The van der Waals surface area contributed by atoms with Crippen molar-refractivity contribution in [1.29, 1.82) is 0 Å². The maximum Gasteiger partial charge on any atom is 0.225 e. The molecule has 1 saturated heterocycles. The van der Waals surface area contributed by atoms with Gasteiger partial charge in [-0.05, 0) is 43.1 Å². The van der Waals surface area contributed by atoms with E-state index in [1.807, 2.05) is 42.6 Å². The van der Waals surface area contributed by atoms with E-state index in [1.54, 1.807) is 0 Å². The molecule has 1 aliphatic rings. The molecule has 1 aromatic heterocycles. The number of nitrogens with zero attached hydrogens (tertiary/aromatic N) is 1. The molecule has 0 spiro atoms. The fourth-order valence-corrected chi connectivity index (χ4v) is 3.84. The summed E-state index contributed by atoms with van der Waals surface area (Å²) in [5.41, 5.74) is 3.30. The summed E-state index contributed by atoms with van der Waals surface area (Å²) in [6.45, 7) is 3.13. The van der Waals surface area contributed by atoms with Crippen molar-refractivity contribution in [1.82, 2.24) is 15.2 Å². The van der Waals surface area contributed by atoms with Gasteiger partial charge in [0.05, 0.1) is 12.5 Å². The van der Waals surface area contributed by atoms with E-state index in [4.69, 9.17) is 0 Å². The SMILES string of the molecule is O=C(Cc1c[nH]c2ccccc12)NC(CN1CCCC1)c1ccccc1. The molecule has 3 aromatic rings. The Morgan fingerprint density at radius 1 is 1.04 bits per heavy atom. The maximum absolute atomic E-state index is 12.8. The van der Waals surface area contributed by atoms with E-state index < -0.39 is 0 Å². The van der Waals surface area contributed by atoms with Crippen LogP contribution >= 0.6 is 0 Å². The van der Waals surface area contributed by atoms with Gasteiger partial charge in [0.1, 0.15) is 0 Å². The molecule has 2 aromatic carbocycles. The Kier molecular flexibility index (Phi) is 5.02. The van der Waals surface area contributed by atoms with Gasteiger partial charge >= 0.3 is 0 Å². The van der Waals surface area contributed by atoms with Gasteiger partial charge in [-0.1, -0.05) is 48.5 Å². The molecule has 0 aliphatic carbocycles. The van der Waals surface area contributed by atoms with Crippen LogP contribution < -0.4 is 5.32 Å². The average Bonchev–Trinajstić information content (AvgIpc) is 3.32. The van der Waals surface area contributed by atoms with Gasteiger partial charge in [-0.15, -0.1) is 0 Å². The zero-order chi connectivity index (χ0) is 17.8. The van der Waals surface area contributed by atoms with Crippen LogP contribution in [0.15, 0.2) is 60.8 Å². The summed E-state index contributed by atoms with van der Waals surface area (Å²) in [4.78, 5) is 18.5. The van der Waals surface area contributed by atoms with Gasteiger partial charge in [0, 0.05) is 23.6 Å². The van der Waals surface area contributed by atoms with E-state index >= 15 is 0 Å². The third kappa shape index (κ3) is 3.81. The number of carbonyl (C=O) groups excluding carboxylic acids is 1. The molecule has 2 heterocycles. The molecule has 1 atom stereocenters. The van der Waals surface area contributed by atoms with Crippen LogP contribution in [0.4, 0.5) is 0 Å². The van der Waals surface area contributed by atoms with E-state index in [0.29, 0.717) is 6.42 Å². The lowest BCUT2D eigenvalue weighted by atomic mass is 10.1. The molecule has 4 rings (SSSR count). The third-order valence-electron chi connectivity index (χ3n) is 5.20. The Hall–Kier alpha value is -2.59. The highest BCUT2D eigenvalue weighted by atomic mass is 16.1. The lowest BCUT2D eigenvalue weighted by Crippen LogP contribution is -2.37. The first kappa shape index (κ1) is 16.9. The monoisotopic (exact) mass is 347 g/mol. The number of H-pyrrole nitrogens is 1. The normalized spacial score (nSPS) is 16.0. The van der Waals surface area contributed by atoms with E-state index in [2.05, 4.69) is 33.4 Å². The summed E-state index contributed by atoms with van der Waals surface area (Å²) in [5.74, 6) is 0.0720. The molecule has 4 heteroatoms. The standard InChI is InChI=1S/C22H25N3O/c26-22(14-18-15-23-20-11-5-4-10-19(18)20)24-21(16-25-12-6-7-13-25)17-8-2-1-3-9-17/h1-5,8-11,15,21,23H,6-7,12-14,16H2,(H,24,26). The predicted octanol–water partition coefficient (Wildman–Crippen LogP) is 3.66. The molecule has 0 bridgehead atoms. The first-order chi connectivity index (χ1) is 12.8. The molecule has 2 N–H and O–H groups in total. The number of hydrogen-bond acceptors (Lipinski definition) is 2. The molecule has 26 heavy (non-hydrogen) atoms. The van der Waals surface area contributed by atoms with Crippen LogP contribution in [0.25, 0.3) is 10.9 Å². The van der Waals surface area contributed by atoms with Gasteiger partial charge < -0.3 is 15.2 Å². The summed E-state index contributed by atoms with van der Waals surface area (Å²) >= 11 is 0. The maximum atomic E-state index is 12.8. The van der Waals surface area contributed by atoms with Crippen molar-refractivity contribution in [3.05, 3.63) is 71.9 Å². The van der Waals surface area contributed by atoms with Crippen molar-refractivity contribution in [2.75, 3.05) is 19.6 Å². The van der Waals surface area contributed by atoms with Crippen molar-refractivity contribution in [2.45, 2.75) is 25.3 Å². The van der Waals surface area contributed by atoms with Crippen molar-refractivity contribution in [3.8, 4) is 0 Å². The minimum atomic E-state index is 0.0343. The van der Waals surface area contributed by atoms with Gasteiger partial charge in [0.25, 0.3) is 0 Å². The van der Waals surface area contributed by atoms with Gasteiger partial charge in [-0.3, -0.25) is 4.79 Å². The summed E-state index contributed by atoms with van der Waals surface area (Å²) in [6.07, 6.45) is 4.85. The summed E-state index contributed by atoms with van der Waals surface area (Å²) in [5, 5.41) is 4.39. The largest absolute Gasteiger partial charge is 0.361 e. The van der Waals surface area contributed by atoms with E-state index in [-0.39, 0.29) is 11.9 Å². The number of aromatic amines is 1. The van der Waals surface area contributed by atoms with Gasteiger partial charge in [-0.25, -0.2) is 0 Å². The number of carbonyl (C=O) groups is 1. The van der Waals surface area contributed by atoms with E-state index in [9.17, 15) is 4.79 Å². The van der Waals surface area contributed by atoms with E-state index in [0.717, 1.165) is 36.1 Å². The molecule has 134 valence electrons. The summed E-state index contributed by atoms with van der Waals surface area (Å²) < 4.78 is 0. The number of nitrogens with one attached hydrogen (secondary N) is 2. The average molecular weight is 347 g/mol. The van der Waals surface area contributed by atoms with Crippen molar-refractivity contribution in [2.24, 2.45) is 0 Å². The number of para-hydroxylation sites is 1. The van der Waals surface area contributed by atoms with Crippen molar-refractivity contribution >= 4 is 16.8 Å². The molecule has 1 fully saturated rings. The Balaban J connectivity index is 1.48. The van der Waals surface area contributed by atoms with Gasteiger partial charge in [0.2, 0.25) is 5.91 Å². The van der Waals surface area contributed by atoms with Crippen LogP contribution in [0.3, 0.4) is 0 Å². The first-order valence-electron chi connectivity index (χ1n) is 9.41. The van der Waals surface area contributed by atoms with Crippen molar-refractivity contribution < 1.29 is 4.79 Å². The summed E-state index contributed by atoms with van der Waals surface area (Å²) in [6, 6.07) is 18.5. The fraction of sp³-hybridized carbons (Fsp3) is 0.318. The molecule has 0 saturated carbocycles. The van der Waals surface area contributed by atoms with Crippen molar-refractivity contribution in [3.63, 3.8) is 0 Å². The zero-order valence-corrected chi connectivity index (χ0v) is 14.9. The number of benzene rings is 2. The Bertz CT molecular complexity index is 865. The molecule has 1 unspecified atom stereocenters. The predicted molar refractivity (Wildman–Crippen MR) is 105 cm³/mol. The lowest BCUT2D eigenvalue weighted by molar-refractivity contribution is -0.121. The second kappa shape index (κ2) is 7.75. The molecular formula is C22H25N3O. The molecule has 1 amide bonds. The molecule has 1 aliphatic heterocycles. The highest BCUT2D eigenvalue weighted by molar-refractivity contribution is 5.89. The Morgan fingerprint density at radius 3 is 2.58 bits per heavy atom. The van der Waals surface area contributed by atoms with E-state index in [1.165, 1.54) is 18.4 Å². The summed E-state index contributed by atoms with van der Waals surface area (Å²) in [7, 11) is 0. The number of amides is 1. The topological polar surface area (TPSA) is 48.1 Å². The number of likely N-dealkylation sites (tertiary alicyclic amines) is 1. The van der Waals surface area contributed by atoms with Crippen LogP contribution in [-0.2, 0) is 11.2 Å². The number of rotatable bonds is 6. The molecular weight excluding hydrogens is 322 g/mol. The second-order valence-electron chi connectivity index (χ2n) is 7.07. The number of fused-ring (bicyclic) bond motifs is 1. The Labute approximate surface area is 154 Å². The second-order valence-corrected chi connectivity index (χ2v) is 7.07. The smallest absolute Gasteiger partial charge is 0.225 e. The fourth-order valence-electron chi connectivity index (χ4n) is 3.84. The quantitative estimate of drug-likeness (QED) is 0.715. The number of aromatic nitrogens is 1. The van der Waals surface area contributed by atoms with Gasteiger partial charge in [-0.2, -0.15) is 0 Å². The van der Waals surface area contributed by atoms with Crippen LogP contribution in [0, 0.1) is 0 Å². The lowest BCUT2D eigenvalue weighted by Gasteiger charge is -2.25. The van der Waals surface area contributed by atoms with Gasteiger partial charge in [0.15, 0.2) is 0 Å². The highest BCUT2D eigenvalue weighted by Gasteiger charge is 2.21. The minimum Gasteiger partial charge on any atom is -0.361 e. The van der Waals surface area contributed by atoms with Crippen LogP contribution in [0.1, 0.15) is 30.0 Å². The first-order valence-corrected chi connectivity index (χ1v) is 9.41. The Morgan fingerprint density at radius 2 is 1.77 bits per heavy atom. The highest BCUT2D eigenvalue weighted by Crippen LogP contribution is 2.20. The van der Waals surface area contributed by atoms with Crippen LogP contribution in [0.2, 0.25) is 0 Å².